The van der Waals surface area contributed by atoms with Crippen molar-refractivity contribution in [2.45, 2.75) is 5.88 Å². The highest BCUT2D eigenvalue weighted by Gasteiger charge is 2.17. The molecule has 102 valence electrons. The molecule has 0 fully saturated rings. The predicted octanol–water partition coefficient (Wildman–Crippen LogP) is 5.21. The van der Waals surface area contributed by atoms with Crippen LogP contribution in [0.5, 0.6) is 0 Å². The Morgan fingerprint density at radius 3 is 2.65 bits per heavy atom. The monoisotopic (exact) mass is 328 g/mol. The summed E-state index contributed by atoms with van der Waals surface area (Å²) in [7, 11) is 0. The predicted molar refractivity (Wildman–Crippen MR) is 80.6 cm³/mol. The minimum absolute atomic E-state index is 0.136. The second-order valence-corrected chi connectivity index (χ2v) is 5.31. The van der Waals surface area contributed by atoms with Gasteiger partial charge in [-0.1, -0.05) is 29.3 Å². The molecular formula is C14H8Cl3FN2. The lowest BCUT2D eigenvalue weighted by molar-refractivity contribution is 0.618. The van der Waals surface area contributed by atoms with E-state index in [-0.39, 0.29) is 16.6 Å². The average molecular weight is 330 g/mol. The van der Waals surface area contributed by atoms with E-state index < -0.39 is 5.82 Å². The molecule has 0 aliphatic heterocycles. The van der Waals surface area contributed by atoms with Gasteiger partial charge >= 0.3 is 0 Å². The van der Waals surface area contributed by atoms with Crippen LogP contribution >= 0.6 is 34.8 Å². The minimum atomic E-state index is -0.442. The van der Waals surface area contributed by atoms with Crippen molar-refractivity contribution in [1.29, 1.82) is 0 Å². The van der Waals surface area contributed by atoms with Crippen LogP contribution in [-0.4, -0.2) is 9.55 Å². The van der Waals surface area contributed by atoms with Crippen LogP contribution < -0.4 is 0 Å². The Hall–Kier alpha value is -1.29. The van der Waals surface area contributed by atoms with Crippen molar-refractivity contribution in [2.75, 3.05) is 0 Å². The maximum absolute atomic E-state index is 14.1. The van der Waals surface area contributed by atoms with E-state index in [1.54, 1.807) is 34.9 Å². The molecule has 20 heavy (non-hydrogen) atoms. The Balaban J connectivity index is 2.42. The first-order valence-corrected chi connectivity index (χ1v) is 7.08. The molecule has 1 aromatic heterocycles. The molecule has 0 atom stereocenters. The van der Waals surface area contributed by atoms with Gasteiger partial charge in [-0.15, -0.1) is 11.6 Å². The third kappa shape index (κ3) is 2.16. The molecule has 2 aromatic carbocycles. The van der Waals surface area contributed by atoms with Crippen LogP contribution in [0.4, 0.5) is 4.39 Å². The molecule has 0 radical (unpaired) electrons. The number of rotatable bonds is 2. The lowest BCUT2D eigenvalue weighted by atomic mass is 10.2. The van der Waals surface area contributed by atoms with Gasteiger partial charge in [0.05, 0.1) is 21.9 Å². The number of hydrogen-bond acceptors (Lipinski definition) is 1. The molecule has 0 bridgehead atoms. The number of alkyl halides is 1. The summed E-state index contributed by atoms with van der Waals surface area (Å²) in [6, 6.07) is 9.71. The highest BCUT2D eigenvalue weighted by Crippen LogP contribution is 2.30. The number of halogens is 4. The van der Waals surface area contributed by atoms with Crippen molar-refractivity contribution in [3.05, 3.63) is 58.1 Å². The van der Waals surface area contributed by atoms with Gasteiger partial charge < -0.3 is 0 Å². The first kappa shape index (κ1) is 13.7. The van der Waals surface area contributed by atoms with Gasteiger partial charge in [-0.3, -0.25) is 4.57 Å². The van der Waals surface area contributed by atoms with Gasteiger partial charge in [-0.25, -0.2) is 9.37 Å². The maximum Gasteiger partial charge on any atom is 0.148 e. The fourth-order valence-electron chi connectivity index (χ4n) is 2.14. The lowest BCUT2D eigenvalue weighted by Gasteiger charge is -2.11. The number of para-hydroxylation sites is 1. The van der Waals surface area contributed by atoms with Crippen molar-refractivity contribution in [2.24, 2.45) is 0 Å². The molecule has 0 unspecified atom stereocenters. The summed E-state index contributed by atoms with van der Waals surface area (Å²) in [5, 5.41) is 0.822. The van der Waals surface area contributed by atoms with Gasteiger partial charge in [-0.2, -0.15) is 0 Å². The lowest BCUT2D eigenvalue weighted by Crippen LogP contribution is -2.03. The van der Waals surface area contributed by atoms with Gasteiger partial charge in [0, 0.05) is 5.02 Å². The summed E-state index contributed by atoms with van der Waals surface area (Å²) in [5.41, 5.74) is 1.58. The fourth-order valence-corrected chi connectivity index (χ4v) is 2.73. The maximum atomic E-state index is 14.1. The highest BCUT2D eigenvalue weighted by atomic mass is 35.5. The third-order valence-electron chi connectivity index (χ3n) is 2.97. The molecule has 0 saturated carbocycles. The van der Waals surface area contributed by atoms with Crippen LogP contribution in [0.15, 0.2) is 36.4 Å². The van der Waals surface area contributed by atoms with Crippen molar-refractivity contribution < 1.29 is 4.39 Å². The first-order valence-electron chi connectivity index (χ1n) is 5.79. The number of nitrogens with zero attached hydrogens (tertiary/aromatic N) is 2. The van der Waals surface area contributed by atoms with Crippen LogP contribution in [0.3, 0.4) is 0 Å². The standard InChI is InChI=1S/C14H8Cl3FN2/c15-7-13-19-11-5-4-8(16)6-12(11)20(13)14-9(17)2-1-3-10(14)18/h1-6H,7H2. The van der Waals surface area contributed by atoms with E-state index in [1.165, 1.54) is 6.07 Å². The van der Waals surface area contributed by atoms with E-state index in [9.17, 15) is 4.39 Å². The van der Waals surface area contributed by atoms with E-state index in [4.69, 9.17) is 34.8 Å². The Kier molecular flexibility index (Phi) is 3.59. The molecule has 0 aliphatic carbocycles. The van der Waals surface area contributed by atoms with Crippen LogP contribution in [-0.2, 0) is 5.88 Å². The molecule has 3 aromatic rings. The van der Waals surface area contributed by atoms with Crippen LogP contribution in [0.1, 0.15) is 5.82 Å². The SMILES string of the molecule is Fc1cccc(Cl)c1-n1c(CCl)nc2ccc(Cl)cc21. The summed E-state index contributed by atoms with van der Waals surface area (Å²) in [4.78, 5) is 4.38. The fraction of sp³-hybridized carbons (Fsp3) is 0.0714. The van der Waals surface area contributed by atoms with E-state index in [0.29, 0.717) is 21.9 Å². The summed E-state index contributed by atoms with van der Waals surface area (Å²) in [6.45, 7) is 0. The molecule has 0 saturated heterocycles. The zero-order valence-corrected chi connectivity index (χ0v) is 12.3. The molecule has 1 heterocycles. The topological polar surface area (TPSA) is 17.8 Å². The highest BCUT2D eigenvalue weighted by molar-refractivity contribution is 6.32. The minimum Gasteiger partial charge on any atom is -0.291 e. The van der Waals surface area contributed by atoms with Gasteiger partial charge in [0.15, 0.2) is 0 Å². The molecule has 0 amide bonds. The van der Waals surface area contributed by atoms with Crippen molar-refractivity contribution in [3.63, 3.8) is 0 Å². The summed E-state index contributed by atoms with van der Waals surface area (Å²) >= 11 is 18.1. The smallest absolute Gasteiger partial charge is 0.148 e. The van der Waals surface area contributed by atoms with E-state index in [0.717, 1.165) is 0 Å². The Morgan fingerprint density at radius 1 is 1.15 bits per heavy atom. The second-order valence-electron chi connectivity index (χ2n) is 4.20. The number of fused-ring (bicyclic) bond motifs is 1. The largest absolute Gasteiger partial charge is 0.291 e. The van der Waals surface area contributed by atoms with Crippen LogP contribution in [0.2, 0.25) is 10.0 Å². The first-order chi connectivity index (χ1) is 9.61. The molecule has 2 nitrogen and oxygen atoms in total. The normalized spacial score (nSPS) is 11.2. The zero-order valence-electron chi connectivity index (χ0n) is 10.1. The number of hydrogen-bond donors (Lipinski definition) is 0. The summed E-state index contributed by atoms with van der Waals surface area (Å²) in [6.07, 6.45) is 0. The van der Waals surface area contributed by atoms with Crippen molar-refractivity contribution >= 4 is 45.8 Å². The Labute approximate surface area is 129 Å². The van der Waals surface area contributed by atoms with E-state index >= 15 is 0 Å². The molecule has 0 aliphatic rings. The molecule has 6 heteroatoms. The Bertz CT molecular complexity index is 778. The van der Waals surface area contributed by atoms with Gasteiger partial charge in [0.25, 0.3) is 0 Å². The molecule has 3 rings (SSSR count). The summed E-state index contributed by atoms with van der Waals surface area (Å²) in [5.74, 6) is 0.204. The van der Waals surface area contributed by atoms with Crippen LogP contribution in [0.25, 0.3) is 16.7 Å². The molecule has 0 spiro atoms. The second kappa shape index (κ2) is 5.24. The average Bonchev–Trinajstić information content (AvgIpc) is 2.77. The quantitative estimate of drug-likeness (QED) is 0.590. The van der Waals surface area contributed by atoms with Crippen molar-refractivity contribution in [1.82, 2.24) is 9.55 Å². The zero-order chi connectivity index (χ0) is 14.3. The molecular weight excluding hydrogens is 322 g/mol. The third-order valence-corrected chi connectivity index (χ3v) is 3.75. The van der Waals surface area contributed by atoms with Crippen molar-refractivity contribution in [3.8, 4) is 5.69 Å². The number of benzene rings is 2. The van der Waals surface area contributed by atoms with Gasteiger partial charge in [-0.05, 0) is 30.3 Å². The van der Waals surface area contributed by atoms with Gasteiger partial charge in [0.1, 0.15) is 17.3 Å². The summed E-state index contributed by atoms with van der Waals surface area (Å²) < 4.78 is 15.8. The number of imidazole rings is 1. The Morgan fingerprint density at radius 2 is 1.95 bits per heavy atom. The molecule has 0 N–H and O–H groups in total. The van der Waals surface area contributed by atoms with E-state index in [1.807, 2.05) is 0 Å². The van der Waals surface area contributed by atoms with Crippen LogP contribution in [0, 0.1) is 5.82 Å². The van der Waals surface area contributed by atoms with E-state index in [2.05, 4.69) is 4.98 Å². The number of aromatic nitrogens is 2. The van der Waals surface area contributed by atoms with Gasteiger partial charge in [0.2, 0.25) is 0 Å².